The lowest BCUT2D eigenvalue weighted by molar-refractivity contribution is -0.143. The summed E-state index contributed by atoms with van der Waals surface area (Å²) in [6, 6.07) is 0. The molecule has 0 aromatic rings. The minimum absolute atomic E-state index is 0.155. The van der Waals surface area contributed by atoms with Gasteiger partial charge in [-0.1, -0.05) is 20.8 Å². The average Bonchev–Trinajstić information content (AvgIpc) is 2.48. The van der Waals surface area contributed by atoms with Crippen LogP contribution in [0.4, 0.5) is 0 Å². The Morgan fingerprint density at radius 1 is 1.35 bits per heavy atom. The van der Waals surface area contributed by atoms with Gasteiger partial charge in [0.25, 0.3) is 0 Å². The predicted octanol–water partition coefficient (Wildman–Crippen LogP) is 2.19. The molecule has 0 bridgehead atoms. The van der Waals surface area contributed by atoms with E-state index in [1.807, 2.05) is 0 Å². The second kappa shape index (κ2) is 3.01. The Bertz CT molecular complexity index is 423. The fourth-order valence-corrected chi connectivity index (χ4v) is 4.21. The summed E-state index contributed by atoms with van der Waals surface area (Å²) in [5.74, 6) is 0.188. The summed E-state index contributed by atoms with van der Waals surface area (Å²) in [6.07, 6.45) is 3.95. The van der Waals surface area contributed by atoms with Gasteiger partial charge in [-0.25, -0.2) is 0 Å². The van der Waals surface area contributed by atoms with Crippen LogP contribution < -0.4 is 0 Å². The van der Waals surface area contributed by atoms with Gasteiger partial charge in [0.05, 0.1) is 5.60 Å². The predicted molar refractivity (Wildman–Crippen MR) is 63.3 cm³/mol. The molecular formula is C14H20O3. The van der Waals surface area contributed by atoms with Crippen molar-refractivity contribution in [1.82, 2.24) is 0 Å². The van der Waals surface area contributed by atoms with Crippen molar-refractivity contribution in [2.24, 2.45) is 10.8 Å². The first-order chi connectivity index (χ1) is 7.76. The number of hydrogen-bond acceptors (Lipinski definition) is 3. The van der Waals surface area contributed by atoms with Crippen LogP contribution in [0.15, 0.2) is 11.6 Å². The highest BCUT2D eigenvalue weighted by Crippen LogP contribution is 2.64. The number of allylic oxidation sites excluding steroid dienone is 1. The van der Waals surface area contributed by atoms with Gasteiger partial charge in [0.1, 0.15) is 0 Å². The molecule has 3 unspecified atom stereocenters. The van der Waals surface area contributed by atoms with E-state index in [4.69, 9.17) is 4.74 Å². The normalized spacial score (nSPS) is 47.6. The highest BCUT2D eigenvalue weighted by atomic mass is 16.6. The molecule has 17 heavy (non-hydrogen) atoms. The number of ether oxygens (including phenoxy) is 1. The molecule has 94 valence electrons. The topological polar surface area (TPSA) is 46.5 Å². The Morgan fingerprint density at radius 2 is 2.06 bits per heavy atom. The molecule has 3 aliphatic rings. The van der Waals surface area contributed by atoms with Crippen molar-refractivity contribution in [3.8, 4) is 0 Å². The van der Waals surface area contributed by atoms with Gasteiger partial charge in [0.15, 0.2) is 12.1 Å². The third-order valence-corrected chi connectivity index (χ3v) is 4.75. The molecule has 1 spiro atoms. The molecule has 3 rings (SSSR count). The van der Waals surface area contributed by atoms with Crippen LogP contribution in [0, 0.1) is 10.8 Å². The third-order valence-electron chi connectivity index (χ3n) is 4.75. The number of rotatable bonds is 0. The van der Waals surface area contributed by atoms with Crippen LogP contribution in [0.5, 0.6) is 0 Å². The van der Waals surface area contributed by atoms with Gasteiger partial charge in [0, 0.05) is 18.3 Å². The van der Waals surface area contributed by atoms with Crippen molar-refractivity contribution >= 4 is 5.78 Å². The van der Waals surface area contributed by atoms with E-state index in [1.165, 1.54) is 0 Å². The molecular weight excluding hydrogens is 216 g/mol. The molecule has 1 N–H and O–H groups in total. The fourth-order valence-electron chi connectivity index (χ4n) is 4.21. The SMILES string of the molecule is CC1(C)CC2=CC(=O)CC3(C)CC(O)OC23C1. The van der Waals surface area contributed by atoms with E-state index in [2.05, 4.69) is 20.8 Å². The lowest BCUT2D eigenvalue weighted by Crippen LogP contribution is -2.46. The van der Waals surface area contributed by atoms with Crippen LogP contribution in [-0.2, 0) is 9.53 Å². The first-order valence-electron chi connectivity index (χ1n) is 6.36. The fraction of sp³-hybridized carbons (Fsp3) is 0.786. The summed E-state index contributed by atoms with van der Waals surface area (Å²) < 4.78 is 5.90. The van der Waals surface area contributed by atoms with Gasteiger partial charge < -0.3 is 9.84 Å². The van der Waals surface area contributed by atoms with E-state index in [-0.39, 0.29) is 22.2 Å². The number of carbonyl (C=O) groups is 1. The molecule has 2 aliphatic carbocycles. The van der Waals surface area contributed by atoms with Gasteiger partial charge >= 0.3 is 0 Å². The number of aliphatic hydroxyl groups excluding tert-OH is 1. The van der Waals surface area contributed by atoms with Gasteiger partial charge in [-0.2, -0.15) is 0 Å². The molecule has 0 aromatic heterocycles. The molecule has 1 saturated carbocycles. The smallest absolute Gasteiger partial charge is 0.156 e. The molecule has 3 atom stereocenters. The van der Waals surface area contributed by atoms with Crippen LogP contribution >= 0.6 is 0 Å². The minimum Gasteiger partial charge on any atom is -0.368 e. The third kappa shape index (κ3) is 1.39. The van der Waals surface area contributed by atoms with Gasteiger partial charge in [-0.15, -0.1) is 0 Å². The summed E-state index contributed by atoms with van der Waals surface area (Å²) in [4.78, 5) is 11.9. The molecule has 1 saturated heterocycles. The van der Waals surface area contributed by atoms with Gasteiger partial charge in [-0.05, 0) is 29.9 Å². The van der Waals surface area contributed by atoms with E-state index in [0.717, 1.165) is 18.4 Å². The lowest BCUT2D eigenvalue weighted by atomic mass is 9.63. The lowest BCUT2D eigenvalue weighted by Gasteiger charge is -2.43. The number of hydrogen-bond donors (Lipinski definition) is 1. The minimum atomic E-state index is -0.719. The summed E-state index contributed by atoms with van der Waals surface area (Å²) in [6.45, 7) is 6.51. The Balaban J connectivity index is 2.14. The monoisotopic (exact) mass is 236 g/mol. The second-order valence-electron chi connectivity index (χ2n) is 6.99. The Hall–Kier alpha value is -0.670. The maximum atomic E-state index is 11.9. The Morgan fingerprint density at radius 3 is 2.76 bits per heavy atom. The maximum absolute atomic E-state index is 11.9. The van der Waals surface area contributed by atoms with E-state index in [1.54, 1.807) is 6.08 Å². The van der Waals surface area contributed by atoms with Crippen molar-refractivity contribution in [2.45, 2.75) is 58.3 Å². The van der Waals surface area contributed by atoms with E-state index in [9.17, 15) is 9.90 Å². The number of carbonyl (C=O) groups excluding carboxylic acids is 1. The zero-order valence-corrected chi connectivity index (χ0v) is 10.7. The highest BCUT2D eigenvalue weighted by Gasteiger charge is 2.65. The van der Waals surface area contributed by atoms with Crippen LogP contribution in [0.25, 0.3) is 0 Å². The quantitative estimate of drug-likeness (QED) is 0.701. The van der Waals surface area contributed by atoms with Crippen molar-refractivity contribution in [3.63, 3.8) is 0 Å². The van der Waals surface area contributed by atoms with Crippen LogP contribution in [0.2, 0.25) is 0 Å². The Labute approximate surface area is 102 Å². The maximum Gasteiger partial charge on any atom is 0.156 e. The molecule has 0 amide bonds. The van der Waals surface area contributed by atoms with Crippen molar-refractivity contribution < 1.29 is 14.6 Å². The first kappa shape index (κ1) is 11.4. The average molecular weight is 236 g/mol. The molecule has 1 aliphatic heterocycles. The van der Waals surface area contributed by atoms with Crippen molar-refractivity contribution in [1.29, 1.82) is 0 Å². The van der Waals surface area contributed by atoms with Gasteiger partial charge in [0.2, 0.25) is 0 Å². The Kier molecular flexibility index (Phi) is 2.02. The molecule has 1 heterocycles. The highest BCUT2D eigenvalue weighted by molar-refractivity contribution is 5.93. The van der Waals surface area contributed by atoms with E-state index >= 15 is 0 Å². The van der Waals surface area contributed by atoms with Crippen LogP contribution in [-0.4, -0.2) is 22.8 Å². The standard InChI is InChI=1S/C14H20O3/c1-12(2)5-9-4-10(15)6-13(3)7-11(16)17-14(9,13)8-12/h4,11,16H,5-8H2,1-3H3. The zero-order valence-electron chi connectivity index (χ0n) is 10.7. The first-order valence-corrected chi connectivity index (χ1v) is 6.36. The van der Waals surface area contributed by atoms with E-state index < -0.39 is 6.29 Å². The molecule has 3 heteroatoms. The largest absolute Gasteiger partial charge is 0.368 e. The molecule has 3 nitrogen and oxygen atoms in total. The number of ketones is 1. The summed E-state index contributed by atoms with van der Waals surface area (Å²) in [7, 11) is 0. The zero-order chi connectivity index (χ0) is 12.5. The van der Waals surface area contributed by atoms with Gasteiger partial charge in [-0.3, -0.25) is 4.79 Å². The van der Waals surface area contributed by atoms with Crippen LogP contribution in [0.3, 0.4) is 0 Å². The number of aliphatic hydroxyl groups is 1. The molecule has 0 radical (unpaired) electrons. The second-order valence-corrected chi connectivity index (χ2v) is 6.99. The van der Waals surface area contributed by atoms with Crippen molar-refractivity contribution in [2.75, 3.05) is 0 Å². The van der Waals surface area contributed by atoms with E-state index in [0.29, 0.717) is 12.8 Å². The summed E-state index contributed by atoms with van der Waals surface area (Å²) in [5, 5.41) is 9.86. The summed E-state index contributed by atoms with van der Waals surface area (Å²) in [5.41, 5.74) is 0.658. The molecule has 0 aromatic carbocycles. The van der Waals surface area contributed by atoms with Crippen molar-refractivity contribution in [3.05, 3.63) is 11.6 Å². The molecule has 2 fully saturated rings. The summed E-state index contributed by atoms with van der Waals surface area (Å²) >= 11 is 0. The van der Waals surface area contributed by atoms with Crippen LogP contribution in [0.1, 0.15) is 46.5 Å².